The number of carboxylic acids is 2. The molecule has 4 unspecified atom stereocenters. The van der Waals surface area contributed by atoms with Gasteiger partial charge in [-0.1, -0.05) is 38.5 Å². The van der Waals surface area contributed by atoms with Crippen molar-refractivity contribution >= 4 is 47.4 Å². The summed E-state index contributed by atoms with van der Waals surface area (Å²) >= 11 is 0. The fourth-order valence-corrected chi connectivity index (χ4v) is 7.96. The van der Waals surface area contributed by atoms with Gasteiger partial charge >= 0.3 is 11.9 Å². The maximum atomic E-state index is 13.0. The quantitative estimate of drug-likeness (QED) is 0.140. The average Bonchev–Trinajstić information content (AvgIpc) is 3.95. The molecule has 0 spiro atoms. The largest absolute Gasteiger partial charge is 0.480 e. The summed E-state index contributed by atoms with van der Waals surface area (Å²) in [6, 6.07) is -3.04. The van der Waals surface area contributed by atoms with Crippen molar-refractivity contribution in [3.05, 3.63) is 0 Å². The highest BCUT2D eigenvalue weighted by Gasteiger charge is 2.43. The first-order valence-corrected chi connectivity index (χ1v) is 19.2. The maximum absolute atomic E-state index is 13.0. The van der Waals surface area contributed by atoms with Crippen LogP contribution < -0.4 is 10.6 Å². The molecule has 4 rings (SSSR count). The molecule has 4 N–H and O–H groups in total. The summed E-state index contributed by atoms with van der Waals surface area (Å²) in [5.74, 6) is -3.80. The predicted molar refractivity (Wildman–Crippen MR) is 186 cm³/mol. The van der Waals surface area contributed by atoms with Crippen molar-refractivity contribution in [2.45, 2.75) is 140 Å². The molecule has 0 aromatic carbocycles. The first-order chi connectivity index (χ1) is 25.0. The number of unbranched alkanes of at least 4 members (excludes halogenated alkanes) is 7. The third kappa shape index (κ3) is 11.1. The van der Waals surface area contributed by atoms with E-state index in [-0.39, 0.29) is 48.5 Å². The lowest BCUT2D eigenvalue weighted by Gasteiger charge is -2.30. The molecule has 4 saturated heterocycles. The zero-order valence-corrected chi connectivity index (χ0v) is 30.2. The van der Waals surface area contributed by atoms with Crippen LogP contribution in [0.4, 0.5) is 0 Å². The number of hydrogen-bond donors (Lipinski definition) is 4. The van der Waals surface area contributed by atoms with Crippen molar-refractivity contribution in [2.75, 3.05) is 39.3 Å². The van der Waals surface area contributed by atoms with E-state index in [1.54, 1.807) is 0 Å². The molecule has 290 valence electrons. The molecule has 4 aliphatic rings. The van der Waals surface area contributed by atoms with Crippen LogP contribution in [0, 0.1) is 0 Å². The van der Waals surface area contributed by atoms with E-state index in [1.165, 1.54) is 19.6 Å². The summed E-state index contributed by atoms with van der Waals surface area (Å²) in [5.41, 5.74) is 0. The predicted octanol–water partition coefficient (Wildman–Crippen LogP) is 1.25. The minimum Gasteiger partial charge on any atom is -0.480 e. The molecule has 16 nitrogen and oxygen atoms in total. The molecule has 4 heterocycles. The lowest BCUT2D eigenvalue weighted by Crippen LogP contribution is -2.52. The van der Waals surface area contributed by atoms with Gasteiger partial charge in [-0.2, -0.15) is 0 Å². The molecule has 4 fully saturated rings. The van der Waals surface area contributed by atoms with E-state index in [9.17, 15) is 48.6 Å². The highest BCUT2D eigenvalue weighted by Crippen LogP contribution is 2.26. The molecule has 16 heteroatoms. The minimum absolute atomic E-state index is 0.186. The Labute approximate surface area is 305 Å². The summed E-state index contributed by atoms with van der Waals surface area (Å²) < 4.78 is 0. The Morgan fingerprint density at radius 2 is 0.750 bits per heavy atom. The Balaban J connectivity index is 0.986. The van der Waals surface area contributed by atoms with Gasteiger partial charge in [-0.25, -0.2) is 9.59 Å². The van der Waals surface area contributed by atoms with E-state index in [0.717, 1.165) is 38.5 Å². The normalized spacial score (nSPS) is 22.8. The van der Waals surface area contributed by atoms with Crippen molar-refractivity contribution in [3.8, 4) is 0 Å². The first kappa shape index (κ1) is 40.5. The Kier molecular flexibility index (Phi) is 15.7. The van der Waals surface area contributed by atoms with Gasteiger partial charge < -0.3 is 40.4 Å². The molecule has 0 aromatic heterocycles. The molecule has 0 saturated carbocycles. The van der Waals surface area contributed by atoms with Crippen LogP contribution in [0.15, 0.2) is 0 Å². The summed E-state index contributed by atoms with van der Waals surface area (Å²) in [7, 11) is 0. The Morgan fingerprint density at radius 1 is 0.442 bits per heavy atom. The third-order valence-corrected chi connectivity index (χ3v) is 10.8. The standard InChI is InChI=1S/C36H56N6O10/c43-29(37-23-31(45)39-19-9-13-25(39)33(47)41-21-11-15-27(41)35(49)50)17-7-5-3-1-2-4-6-8-18-30(44)38-24-32(46)40-20-10-14-26(40)34(48)42-22-12-16-28(42)36(51)52/h25-28H,1-24H2,(H,37,43)(H,38,44)(H,49,50)(H,51,52). The summed E-state index contributed by atoms with van der Waals surface area (Å²) in [4.78, 5) is 105. The van der Waals surface area contributed by atoms with Crippen LogP contribution in [0.3, 0.4) is 0 Å². The van der Waals surface area contributed by atoms with Crippen molar-refractivity contribution < 1.29 is 48.6 Å². The molecule has 4 aliphatic heterocycles. The minimum atomic E-state index is -1.03. The first-order valence-electron chi connectivity index (χ1n) is 19.2. The lowest BCUT2D eigenvalue weighted by molar-refractivity contribution is -0.151. The van der Waals surface area contributed by atoms with Crippen LogP contribution in [0.2, 0.25) is 0 Å². The van der Waals surface area contributed by atoms with Gasteiger partial charge in [-0.15, -0.1) is 0 Å². The van der Waals surface area contributed by atoms with Gasteiger partial charge in [-0.05, 0) is 64.2 Å². The second kappa shape index (κ2) is 20.1. The van der Waals surface area contributed by atoms with Crippen LogP contribution in [-0.4, -0.2) is 141 Å². The van der Waals surface area contributed by atoms with Crippen LogP contribution in [-0.2, 0) is 38.4 Å². The number of nitrogens with zero attached hydrogens (tertiary/aromatic N) is 4. The monoisotopic (exact) mass is 732 g/mol. The number of aliphatic carboxylic acids is 2. The van der Waals surface area contributed by atoms with E-state index in [4.69, 9.17) is 0 Å². The number of carbonyl (C=O) groups is 8. The SMILES string of the molecule is O=C(CCCCCCCCCCC(=O)NCC(=O)N1CCCC1C(=O)N1CCCC1C(=O)O)NCC(=O)N1CCCC1C(=O)N1CCCC1C(=O)O. The van der Waals surface area contributed by atoms with E-state index < -0.39 is 36.1 Å². The number of carboxylic acid groups (broad SMARTS) is 2. The van der Waals surface area contributed by atoms with Crippen molar-refractivity contribution in [1.82, 2.24) is 30.2 Å². The van der Waals surface area contributed by atoms with E-state index in [1.807, 2.05) is 0 Å². The lowest BCUT2D eigenvalue weighted by atomic mass is 10.1. The van der Waals surface area contributed by atoms with E-state index in [2.05, 4.69) is 10.6 Å². The number of carbonyl (C=O) groups excluding carboxylic acids is 6. The summed E-state index contributed by atoms with van der Waals surface area (Å²) in [6.07, 6.45) is 12.1. The Bertz CT molecular complexity index is 1230. The zero-order chi connectivity index (χ0) is 37.6. The number of nitrogens with one attached hydrogen (secondary N) is 2. The second-order valence-corrected chi connectivity index (χ2v) is 14.4. The Hall–Kier alpha value is -4.24. The summed E-state index contributed by atoms with van der Waals surface area (Å²) in [6.45, 7) is 1.20. The van der Waals surface area contributed by atoms with Crippen LogP contribution in [0.5, 0.6) is 0 Å². The number of hydrogen-bond acceptors (Lipinski definition) is 8. The molecule has 6 amide bonds. The number of likely N-dealkylation sites (tertiary alicyclic amines) is 4. The van der Waals surface area contributed by atoms with Gasteiger partial charge in [0, 0.05) is 39.0 Å². The van der Waals surface area contributed by atoms with Gasteiger partial charge in [0.15, 0.2) is 0 Å². The molecule has 4 atom stereocenters. The van der Waals surface area contributed by atoms with Crippen molar-refractivity contribution in [2.24, 2.45) is 0 Å². The molecular weight excluding hydrogens is 676 g/mol. The number of rotatable bonds is 19. The molecule has 0 aliphatic carbocycles. The third-order valence-electron chi connectivity index (χ3n) is 10.8. The highest BCUT2D eigenvalue weighted by molar-refractivity contribution is 5.94. The van der Waals surface area contributed by atoms with Crippen LogP contribution in [0.1, 0.15) is 116 Å². The highest BCUT2D eigenvalue weighted by atomic mass is 16.4. The maximum Gasteiger partial charge on any atom is 0.326 e. The van der Waals surface area contributed by atoms with E-state index in [0.29, 0.717) is 103 Å². The van der Waals surface area contributed by atoms with Crippen molar-refractivity contribution in [1.29, 1.82) is 0 Å². The van der Waals surface area contributed by atoms with Gasteiger partial charge in [0.2, 0.25) is 35.4 Å². The fraction of sp³-hybridized carbons (Fsp3) is 0.778. The van der Waals surface area contributed by atoms with Gasteiger partial charge in [0.25, 0.3) is 0 Å². The number of amides is 6. The van der Waals surface area contributed by atoms with Gasteiger partial charge in [0.1, 0.15) is 24.2 Å². The summed E-state index contributed by atoms with van der Waals surface area (Å²) in [5, 5.41) is 24.2. The molecule has 0 aromatic rings. The van der Waals surface area contributed by atoms with Gasteiger partial charge in [-0.3, -0.25) is 28.8 Å². The molecule has 52 heavy (non-hydrogen) atoms. The van der Waals surface area contributed by atoms with Gasteiger partial charge in [0.05, 0.1) is 13.1 Å². The fourth-order valence-electron chi connectivity index (χ4n) is 7.96. The topological polar surface area (TPSA) is 214 Å². The molecule has 0 radical (unpaired) electrons. The average molecular weight is 733 g/mol. The second-order valence-electron chi connectivity index (χ2n) is 14.4. The molecule has 0 bridgehead atoms. The van der Waals surface area contributed by atoms with Crippen molar-refractivity contribution in [3.63, 3.8) is 0 Å². The molecular formula is C36H56N6O10. The smallest absolute Gasteiger partial charge is 0.326 e. The Morgan fingerprint density at radius 3 is 1.10 bits per heavy atom. The van der Waals surface area contributed by atoms with Crippen LogP contribution in [0.25, 0.3) is 0 Å². The van der Waals surface area contributed by atoms with E-state index >= 15 is 0 Å². The van der Waals surface area contributed by atoms with Crippen LogP contribution >= 0.6 is 0 Å². The zero-order valence-electron chi connectivity index (χ0n) is 30.2.